The number of amides is 1. The van der Waals surface area contributed by atoms with Gasteiger partial charge in [0.05, 0.1) is 22.0 Å². The highest BCUT2D eigenvalue weighted by atomic mass is 35.5. The fraction of sp³-hybridized carbons (Fsp3) is 0.385. The molecule has 1 aliphatic carbocycles. The Morgan fingerprint density at radius 2 is 2.00 bits per heavy atom. The second kappa shape index (κ2) is 5.80. The van der Waals surface area contributed by atoms with Crippen LogP contribution in [0.1, 0.15) is 29.6 Å². The second-order valence-corrected chi connectivity index (χ2v) is 5.26. The predicted molar refractivity (Wildman–Crippen MR) is 72.8 cm³/mol. The van der Waals surface area contributed by atoms with Crippen LogP contribution in [0.4, 0.5) is 0 Å². The number of carboxylic acid groups (broad SMARTS) is 1. The van der Waals surface area contributed by atoms with Crippen molar-refractivity contribution in [1.29, 1.82) is 0 Å². The Labute approximate surface area is 120 Å². The molecule has 102 valence electrons. The van der Waals surface area contributed by atoms with Crippen LogP contribution in [-0.2, 0) is 4.79 Å². The molecule has 0 atom stereocenters. The maximum Gasteiger partial charge on any atom is 0.305 e. The summed E-state index contributed by atoms with van der Waals surface area (Å²) in [5.41, 5.74) is 0.325. The molecule has 0 aromatic heterocycles. The van der Waals surface area contributed by atoms with Gasteiger partial charge >= 0.3 is 5.97 Å². The molecule has 1 aromatic rings. The van der Waals surface area contributed by atoms with Crippen LogP contribution in [0.2, 0.25) is 10.0 Å². The molecular formula is C13H13Cl2NO3. The Kier molecular flexibility index (Phi) is 4.32. The van der Waals surface area contributed by atoms with Crippen molar-refractivity contribution in [2.24, 2.45) is 0 Å². The van der Waals surface area contributed by atoms with Gasteiger partial charge in [-0.15, -0.1) is 0 Å². The van der Waals surface area contributed by atoms with Gasteiger partial charge in [-0.05, 0) is 25.0 Å². The third-order valence-corrected chi connectivity index (χ3v) is 3.82. The van der Waals surface area contributed by atoms with Crippen LogP contribution in [0.25, 0.3) is 0 Å². The van der Waals surface area contributed by atoms with E-state index < -0.39 is 5.97 Å². The number of carbonyl (C=O) groups is 2. The summed E-state index contributed by atoms with van der Waals surface area (Å²) in [6.45, 7) is 0.196. The van der Waals surface area contributed by atoms with Crippen LogP contribution in [0, 0.1) is 0 Å². The molecule has 1 fully saturated rings. The molecule has 1 saturated carbocycles. The van der Waals surface area contributed by atoms with Gasteiger partial charge in [-0.2, -0.15) is 0 Å². The lowest BCUT2D eigenvalue weighted by molar-refractivity contribution is -0.137. The lowest BCUT2D eigenvalue weighted by atomic mass is 10.2. The van der Waals surface area contributed by atoms with E-state index in [-0.39, 0.29) is 29.9 Å². The number of halogens is 2. The summed E-state index contributed by atoms with van der Waals surface area (Å²) >= 11 is 11.9. The lowest BCUT2D eigenvalue weighted by Gasteiger charge is -2.22. The molecule has 0 radical (unpaired) electrons. The van der Waals surface area contributed by atoms with Crippen molar-refractivity contribution in [3.05, 3.63) is 33.8 Å². The van der Waals surface area contributed by atoms with Gasteiger partial charge in [-0.1, -0.05) is 29.3 Å². The molecule has 19 heavy (non-hydrogen) atoms. The van der Waals surface area contributed by atoms with E-state index in [4.69, 9.17) is 28.3 Å². The predicted octanol–water partition coefficient (Wildman–Crippen LogP) is 3.07. The number of nitrogens with zero attached hydrogens (tertiary/aromatic N) is 1. The van der Waals surface area contributed by atoms with E-state index in [9.17, 15) is 9.59 Å². The summed E-state index contributed by atoms with van der Waals surface area (Å²) in [7, 11) is 0. The van der Waals surface area contributed by atoms with E-state index in [2.05, 4.69) is 0 Å². The van der Waals surface area contributed by atoms with E-state index in [1.165, 1.54) is 0 Å². The Morgan fingerprint density at radius 3 is 2.58 bits per heavy atom. The molecule has 0 saturated heterocycles. The highest BCUT2D eigenvalue weighted by molar-refractivity contribution is 6.43. The zero-order chi connectivity index (χ0) is 14.0. The Balaban J connectivity index is 2.19. The van der Waals surface area contributed by atoms with E-state index in [1.54, 1.807) is 23.1 Å². The van der Waals surface area contributed by atoms with E-state index in [1.807, 2.05) is 0 Å². The molecule has 1 N–H and O–H groups in total. The van der Waals surface area contributed by atoms with E-state index >= 15 is 0 Å². The van der Waals surface area contributed by atoms with Gasteiger partial charge < -0.3 is 10.0 Å². The van der Waals surface area contributed by atoms with Gasteiger partial charge in [0.1, 0.15) is 0 Å². The summed E-state index contributed by atoms with van der Waals surface area (Å²) in [5, 5.41) is 9.27. The number of aliphatic carboxylic acids is 1. The van der Waals surface area contributed by atoms with Crippen LogP contribution in [0.15, 0.2) is 18.2 Å². The molecule has 0 spiro atoms. The minimum Gasteiger partial charge on any atom is -0.481 e. The molecule has 0 unspecified atom stereocenters. The highest BCUT2D eigenvalue weighted by Crippen LogP contribution is 2.32. The molecule has 0 bridgehead atoms. The molecule has 1 amide bonds. The van der Waals surface area contributed by atoms with Crippen molar-refractivity contribution in [2.75, 3.05) is 6.54 Å². The standard InChI is InChI=1S/C13H13Cl2NO3/c14-10-3-1-2-9(12(10)15)13(19)16(8-4-5-8)7-6-11(17)18/h1-3,8H,4-7H2,(H,17,18). The quantitative estimate of drug-likeness (QED) is 0.909. The smallest absolute Gasteiger partial charge is 0.305 e. The highest BCUT2D eigenvalue weighted by Gasteiger charge is 2.34. The van der Waals surface area contributed by atoms with Crippen LogP contribution in [0.3, 0.4) is 0 Å². The average Bonchev–Trinajstić information content (AvgIpc) is 3.17. The van der Waals surface area contributed by atoms with Crippen molar-refractivity contribution >= 4 is 35.1 Å². The van der Waals surface area contributed by atoms with Crippen molar-refractivity contribution in [3.8, 4) is 0 Å². The van der Waals surface area contributed by atoms with Gasteiger partial charge in [0.15, 0.2) is 0 Å². The van der Waals surface area contributed by atoms with Crippen molar-refractivity contribution in [1.82, 2.24) is 4.90 Å². The summed E-state index contributed by atoms with van der Waals surface area (Å²) in [5.74, 6) is -1.17. The molecule has 4 nitrogen and oxygen atoms in total. The van der Waals surface area contributed by atoms with E-state index in [0.717, 1.165) is 12.8 Å². The SMILES string of the molecule is O=C(O)CCN(C(=O)c1cccc(Cl)c1Cl)C1CC1. The molecule has 2 rings (SSSR count). The average molecular weight is 302 g/mol. The van der Waals surface area contributed by atoms with Crippen LogP contribution in [-0.4, -0.2) is 34.5 Å². The zero-order valence-electron chi connectivity index (χ0n) is 10.1. The third kappa shape index (κ3) is 3.39. The summed E-state index contributed by atoms with van der Waals surface area (Å²) in [4.78, 5) is 24.6. The normalized spacial score (nSPS) is 14.2. The Hall–Kier alpha value is -1.26. The number of hydrogen-bond donors (Lipinski definition) is 1. The number of benzene rings is 1. The number of carbonyl (C=O) groups excluding carboxylic acids is 1. The van der Waals surface area contributed by atoms with Crippen molar-refractivity contribution in [2.45, 2.75) is 25.3 Å². The van der Waals surface area contributed by atoms with Crippen molar-refractivity contribution < 1.29 is 14.7 Å². The second-order valence-electron chi connectivity index (χ2n) is 4.47. The van der Waals surface area contributed by atoms with Gasteiger partial charge in [0, 0.05) is 12.6 Å². The zero-order valence-corrected chi connectivity index (χ0v) is 11.6. The minimum atomic E-state index is -0.921. The first kappa shape index (κ1) is 14.2. The Morgan fingerprint density at radius 1 is 1.32 bits per heavy atom. The maximum atomic E-state index is 12.4. The first-order valence-corrected chi connectivity index (χ1v) is 6.73. The summed E-state index contributed by atoms with van der Waals surface area (Å²) in [6.07, 6.45) is 1.74. The van der Waals surface area contributed by atoms with Gasteiger partial charge in [-0.3, -0.25) is 9.59 Å². The maximum absolute atomic E-state index is 12.4. The number of hydrogen-bond acceptors (Lipinski definition) is 2. The van der Waals surface area contributed by atoms with Crippen LogP contribution < -0.4 is 0 Å². The van der Waals surface area contributed by atoms with Crippen molar-refractivity contribution in [3.63, 3.8) is 0 Å². The third-order valence-electron chi connectivity index (χ3n) is 3.00. The molecule has 0 aliphatic heterocycles. The molecule has 6 heteroatoms. The first-order valence-electron chi connectivity index (χ1n) is 5.97. The monoisotopic (exact) mass is 301 g/mol. The molecular weight excluding hydrogens is 289 g/mol. The molecule has 1 aliphatic rings. The topological polar surface area (TPSA) is 57.6 Å². The van der Waals surface area contributed by atoms with E-state index in [0.29, 0.717) is 10.6 Å². The number of carboxylic acids is 1. The largest absolute Gasteiger partial charge is 0.481 e. The Bertz CT molecular complexity index is 515. The number of rotatable bonds is 5. The fourth-order valence-electron chi connectivity index (χ4n) is 1.88. The minimum absolute atomic E-state index is 0.0690. The van der Waals surface area contributed by atoms with Gasteiger partial charge in [-0.25, -0.2) is 0 Å². The molecule has 0 heterocycles. The van der Waals surface area contributed by atoms with Crippen LogP contribution in [0.5, 0.6) is 0 Å². The first-order chi connectivity index (χ1) is 9.00. The molecule has 1 aromatic carbocycles. The van der Waals surface area contributed by atoms with Crippen LogP contribution >= 0.6 is 23.2 Å². The fourth-order valence-corrected chi connectivity index (χ4v) is 2.26. The van der Waals surface area contributed by atoms with Gasteiger partial charge in [0.2, 0.25) is 0 Å². The summed E-state index contributed by atoms with van der Waals surface area (Å²) < 4.78 is 0. The summed E-state index contributed by atoms with van der Waals surface area (Å²) in [6, 6.07) is 5.00. The van der Waals surface area contributed by atoms with Gasteiger partial charge in [0.25, 0.3) is 5.91 Å². The lowest BCUT2D eigenvalue weighted by Crippen LogP contribution is -2.35.